The van der Waals surface area contributed by atoms with Crippen LogP contribution in [-0.4, -0.2) is 17.4 Å². The molecule has 1 N–H and O–H groups in total. The zero-order valence-electron chi connectivity index (χ0n) is 14.0. The fraction of sp³-hybridized carbons (Fsp3) is 0.211. The van der Waals surface area contributed by atoms with Crippen molar-refractivity contribution in [3.8, 4) is 5.75 Å². The third-order valence-electron chi connectivity index (χ3n) is 3.41. The molecule has 2 rings (SSSR count). The van der Waals surface area contributed by atoms with Crippen LogP contribution in [0.3, 0.4) is 0 Å². The Labute approximate surface area is 146 Å². The van der Waals surface area contributed by atoms with Gasteiger partial charge in [-0.25, -0.2) is 0 Å². The van der Waals surface area contributed by atoms with Crippen LogP contribution in [0.2, 0.25) is 0 Å². The van der Waals surface area contributed by atoms with Crippen molar-refractivity contribution in [3.05, 3.63) is 70.3 Å². The van der Waals surface area contributed by atoms with E-state index in [-0.39, 0.29) is 11.6 Å². The molecule has 6 heteroatoms. The third kappa shape index (κ3) is 5.76. The number of nitrogens with zero attached hydrogens (tertiary/aromatic N) is 1. The third-order valence-corrected chi connectivity index (χ3v) is 3.41. The summed E-state index contributed by atoms with van der Waals surface area (Å²) in [6.45, 7) is 2.67. The number of unbranched alkanes of at least 4 members (excludes halogenated alkanes) is 1. The molecule has 0 fully saturated rings. The van der Waals surface area contributed by atoms with E-state index >= 15 is 0 Å². The lowest BCUT2D eigenvalue weighted by Crippen LogP contribution is -2.09. The van der Waals surface area contributed by atoms with Gasteiger partial charge >= 0.3 is 0 Å². The van der Waals surface area contributed by atoms with E-state index in [0.29, 0.717) is 23.6 Å². The average molecular weight is 340 g/mol. The normalized spacial score (nSPS) is 10.6. The number of benzene rings is 2. The van der Waals surface area contributed by atoms with Crippen molar-refractivity contribution >= 4 is 23.4 Å². The minimum absolute atomic E-state index is 0.0165. The fourth-order valence-corrected chi connectivity index (χ4v) is 2.11. The summed E-state index contributed by atoms with van der Waals surface area (Å²) in [5.41, 5.74) is 1.15. The van der Waals surface area contributed by atoms with Crippen molar-refractivity contribution < 1.29 is 14.5 Å². The molecule has 2 aromatic rings. The maximum atomic E-state index is 12.1. The van der Waals surface area contributed by atoms with Crippen LogP contribution >= 0.6 is 0 Å². The van der Waals surface area contributed by atoms with Gasteiger partial charge in [-0.3, -0.25) is 14.9 Å². The first kappa shape index (κ1) is 18.2. The van der Waals surface area contributed by atoms with Crippen molar-refractivity contribution in [1.82, 2.24) is 0 Å². The molecule has 0 heterocycles. The SMILES string of the molecule is CCCCOc1ccccc1NC(=O)C=Cc1cccc([N+](=O)[O-])c1. The Morgan fingerprint density at radius 2 is 2.04 bits per heavy atom. The second-order valence-electron chi connectivity index (χ2n) is 5.37. The van der Waals surface area contributed by atoms with Gasteiger partial charge in [0.15, 0.2) is 0 Å². The molecule has 0 aliphatic carbocycles. The van der Waals surface area contributed by atoms with Gasteiger partial charge in [0.25, 0.3) is 5.69 Å². The summed E-state index contributed by atoms with van der Waals surface area (Å²) in [6.07, 6.45) is 4.83. The topological polar surface area (TPSA) is 81.5 Å². The van der Waals surface area contributed by atoms with Gasteiger partial charge in [-0.2, -0.15) is 0 Å². The van der Waals surface area contributed by atoms with Gasteiger partial charge in [-0.05, 0) is 30.2 Å². The van der Waals surface area contributed by atoms with Crippen LogP contribution < -0.4 is 10.1 Å². The van der Waals surface area contributed by atoms with E-state index in [1.54, 1.807) is 24.3 Å². The quantitative estimate of drug-likeness (QED) is 0.334. The standard InChI is InChI=1S/C19H20N2O4/c1-2-3-13-25-18-10-5-4-9-17(18)20-19(22)12-11-15-7-6-8-16(14-15)21(23)24/h4-12,14H,2-3,13H2,1H3,(H,20,22). The molecular weight excluding hydrogens is 320 g/mol. The minimum atomic E-state index is -0.471. The highest BCUT2D eigenvalue weighted by molar-refractivity contribution is 6.02. The van der Waals surface area contributed by atoms with E-state index in [2.05, 4.69) is 12.2 Å². The van der Waals surface area contributed by atoms with Gasteiger partial charge in [0.05, 0.1) is 17.2 Å². The zero-order chi connectivity index (χ0) is 18.1. The summed E-state index contributed by atoms with van der Waals surface area (Å²) >= 11 is 0. The lowest BCUT2D eigenvalue weighted by atomic mass is 10.2. The van der Waals surface area contributed by atoms with Crippen molar-refractivity contribution in [1.29, 1.82) is 0 Å². The number of hydrogen-bond donors (Lipinski definition) is 1. The summed E-state index contributed by atoms with van der Waals surface area (Å²) in [5.74, 6) is 0.283. The van der Waals surface area contributed by atoms with Crippen molar-refractivity contribution in [2.75, 3.05) is 11.9 Å². The largest absolute Gasteiger partial charge is 0.491 e. The number of nitro benzene ring substituents is 1. The van der Waals surface area contributed by atoms with Crippen LogP contribution in [0.15, 0.2) is 54.6 Å². The van der Waals surface area contributed by atoms with Crippen LogP contribution in [0, 0.1) is 10.1 Å². The number of carbonyl (C=O) groups is 1. The predicted octanol–water partition coefficient (Wildman–Crippen LogP) is 4.43. The van der Waals surface area contributed by atoms with Gasteiger partial charge in [-0.15, -0.1) is 0 Å². The van der Waals surface area contributed by atoms with Gasteiger partial charge in [0.2, 0.25) is 5.91 Å². The molecule has 0 unspecified atom stereocenters. The smallest absolute Gasteiger partial charge is 0.270 e. The number of nitrogens with one attached hydrogen (secondary N) is 1. The Morgan fingerprint density at radius 3 is 2.80 bits per heavy atom. The number of rotatable bonds is 8. The monoisotopic (exact) mass is 340 g/mol. The maximum Gasteiger partial charge on any atom is 0.270 e. The highest BCUT2D eigenvalue weighted by Crippen LogP contribution is 2.24. The highest BCUT2D eigenvalue weighted by atomic mass is 16.6. The van der Waals surface area contributed by atoms with E-state index in [4.69, 9.17) is 4.74 Å². The summed E-state index contributed by atoms with van der Waals surface area (Å²) < 4.78 is 5.67. The van der Waals surface area contributed by atoms with Gasteiger partial charge in [0, 0.05) is 18.2 Å². The Hall–Kier alpha value is -3.15. The number of hydrogen-bond acceptors (Lipinski definition) is 4. The van der Waals surface area contributed by atoms with Gasteiger partial charge < -0.3 is 10.1 Å². The Bertz CT molecular complexity index is 772. The molecule has 0 aromatic heterocycles. The molecular formula is C19H20N2O4. The fourth-order valence-electron chi connectivity index (χ4n) is 2.11. The minimum Gasteiger partial charge on any atom is -0.491 e. The van der Waals surface area contributed by atoms with Crippen molar-refractivity contribution in [2.45, 2.75) is 19.8 Å². The molecule has 2 aromatic carbocycles. The maximum absolute atomic E-state index is 12.1. The summed E-state index contributed by atoms with van der Waals surface area (Å²) in [6, 6.07) is 13.3. The first-order valence-corrected chi connectivity index (χ1v) is 8.05. The second-order valence-corrected chi connectivity index (χ2v) is 5.37. The number of non-ortho nitro benzene ring substituents is 1. The lowest BCUT2D eigenvalue weighted by Gasteiger charge is -2.11. The Kier molecular flexibility index (Phi) is 6.71. The zero-order valence-corrected chi connectivity index (χ0v) is 14.0. The highest BCUT2D eigenvalue weighted by Gasteiger charge is 2.06. The Morgan fingerprint density at radius 1 is 1.24 bits per heavy atom. The molecule has 130 valence electrons. The van der Waals surface area contributed by atoms with E-state index < -0.39 is 4.92 Å². The first-order chi connectivity index (χ1) is 12.1. The lowest BCUT2D eigenvalue weighted by molar-refractivity contribution is -0.384. The number of ether oxygens (including phenoxy) is 1. The molecule has 25 heavy (non-hydrogen) atoms. The summed E-state index contributed by atoms with van der Waals surface area (Å²) in [5, 5.41) is 13.5. The van der Waals surface area contributed by atoms with E-state index in [0.717, 1.165) is 12.8 Å². The predicted molar refractivity (Wildman–Crippen MR) is 97.6 cm³/mol. The van der Waals surface area contributed by atoms with Crippen LogP contribution in [0.25, 0.3) is 6.08 Å². The van der Waals surface area contributed by atoms with Gasteiger partial charge in [-0.1, -0.05) is 37.6 Å². The molecule has 0 saturated heterocycles. The second kappa shape index (κ2) is 9.22. The number of para-hydroxylation sites is 2. The molecule has 0 spiro atoms. The number of carbonyl (C=O) groups excluding carboxylic acids is 1. The van der Waals surface area contributed by atoms with Crippen molar-refractivity contribution in [2.24, 2.45) is 0 Å². The molecule has 0 aliphatic heterocycles. The van der Waals surface area contributed by atoms with Crippen molar-refractivity contribution in [3.63, 3.8) is 0 Å². The molecule has 0 saturated carbocycles. The van der Waals surface area contributed by atoms with E-state index in [9.17, 15) is 14.9 Å². The molecule has 6 nitrogen and oxygen atoms in total. The number of nitro groups is 1. The summed E-state index contributed by atoms with van der Waals surface area (Å²) in [4.78, 5) is 22.4. The van der Waals surface area contributed by atoms with Crippen LogP contribution in [0.1, 0.15) is 25.3 Å². The molecule has 0 radical (unpaired) electrons. The van der Waals surface area contributed by atoms with Crippen LogP contribution in [-0.2, 0) is 4.79 Å². The van der Waals surface area contributed by atoms with E-state index in [1.807, 2.05) is 12.1 Å². The molecule has 0 atom stereocenters. The van der Waals surface area contributed by atoms with Gasteiger partial charge in [0.1, 0.15) is 5.75 Å². The average Bonchev–Trinajstić information content (AvgIpc) is 2.62. The molecule has 1 amide bonds. The summed E-state index contributed by atoms with van der Waals surface area (Å²) in [7, 11) is 0. The molecule has 0 bridgehead atoms. The number of amides is 1. The van der Waals surface area contributed by atoms with Crippen LogP contribution in [0.4, 0.5) is 11.4 Å². The van der Waals surface area contributed by atoms with Crippen LogP contribution in [0.5, 0.6) is 5.75 Å². The molecule has 0 aliphatic rings. The van der Waals surface area contributed by atoms with E-state index in [1.165, 1.54) is 24.3 Å². The number of anilines is 1. The Balaban J connectivity index is 2.03. The first-order valence-electron chi connectivity index (χ1n) is 8.05.